The van der Waals surface area contributed by atoms with E-state index >= 15 is 0 Å². The minimum absolute atomic E-state index is 0.187. The number of halogens is 1. The molecule has 1 N–H and O–H groups in total. The van der Waals surface area contributed by atoms with Gasteiger partial charge in [-0.15, -0.1) is 0 Å². The van der Waals surface area contributed by atoms with Crippen molar-refractivity contribution in [1.29, 1.82) is 0 Å². The highest BCUT2D eigenvalue weighted by atomic mass is 19.1. The Morgan fingerprint density at radius 2 is 2.41 bits per heavy atom. The zero-order valence-electron chi connectivity index (χ0n) is 9.91. The Morgan fingerprint density at radius 3 is 3.12 bits per heavy atom. The number of rotatable bonds is 2. The van der Waals surface area contributed by atoms with Crippen LogP contribution in [-0.4, -0.2) is 22.6 Å². The summed E-state index contributed by atoms with van der Waals surface area (Å²) in [5.41, 5.74) is 1.38. The Balaban J connectivity index is 1.99. The van der Waals surface area contributed by atoms with Crippen molar-refractivity contribution >= 4 is 11.0 Å². The van der Waals surface area contributed by atoms with Gasteiger partial charge in [0.15, 0.2) is 0 Å². The van der Waals surface area contributed by atoms with E-state index in [9.17, 15) is 4.39 Å². The van der Waals surface area contributed by atoms with Crippen molar-refractivity contribution < 1.29 is 4.39 Å². The molecule has 1 atom stereocenters. The third-order valence-electron chi connectivity index (χ3n) is 3.57. The van der Waals surface area contributed by atoms with Crippen molar-refractivity contribution in [2.45, 2.75) is 12.8 Å². The zero-order valence-corrected chi connectivity index (χ0v) is 9.91. The van der Waals surface area contributed by atoms with E-state index in [1.807, 2.05) is 17.7 Å². The number of nitrogens with zero attached hydrogens (tertiary/aromatic N) is 2. The zero-order chi connectivity index (χ0) is 11.8. The Kier molecular flexibility index (Phi) is 2.59. The molecule has 17 heavy (non-hydrogen) atoms. The molecule has 1 aliphatic rings. The Hall–Kier alpha value is -1.42. The van der Waals surface area contributed by atoms with Gasteiger partial charge in [-0.25, -0.2) is 9.37 Å². The fraction of sp³-hybridized carbons (Fsp3) is 0.462. The summed E-state index contributed by atoms with van der Waals surface area (Å²) in [4.78, 5) is 4.53. The van der Waals surface area contributed by atoms with Gasteiger partial charge >= 0.3 is 0 Å². The van der Waals surface area contributed by atoms with Crippen molar-refractivity contribution in [2.75, 3.05) is 13.1 Å². The van der Waals surface area contributed by atoms with Gasteiger partial charge in [0, 0.05) is 13.5 Å². The van der Waals surface area contributed by atoms with Crippen LogP contribution in [0.25, 0.3) is 11.0 Å². The largest absolute Gasteiger partial charge is 0.329 e. The standard InChI is InChI=1S/C13H16FN3/c1-17-12(7-9-5-6-15-8-9)16-11-4-2-3-10(14)13(11)17/h2-4,9,15H,5-8H2,1H3. The van der Waals surface area contributed by atoms with E-state index in [2.05, 4.69) is 10.3 Å². The third-order valence-corrected chi connectivity index (χ3v) is 3.57. The second-order valence-corrected chi connectivity index (χ2v) is 4.76. The Morgan fingerprint density at radius 1 is 1.53 bits per heavy atom. The SMILES string of the molecule is Cn1c(CC2CCNC2)nc2cccc(F)c21. The molecule has 0 aliphatic carbocycles. The van der Waals surface area contributed by atoms with E-state index in [-0.39, 0.29) is 5.82 Å². The van der Waals surface area contributed by atoms with Gasteiger partial charge in [0.25, 0.3) is 0 Å². The van der Waals surface area contributed by atoms with Gasteiger partial charge in [0.2, 0.25) is 0 Å². The number of fused-ring (bicyclic) bond motifs is 1. The van der Waals surface area contributed by atoms with E-state index in [0.29, 0.717) is 11.4 Å². The van der Waals surface area contributed by atoms with Crippen LogP contribution in [0.2, 0.25) is 0 Å². The summed E-state index contributed by atoms with van der Waals surface area (Å²) in [5.74, 6) is 1.43. The number of aryl methyl sites for hydroxylation is 1. The van der Waals surface area contributed by atoms with Gasteiger partial charge < -0.3 is 9.88 Å². The Bertz CT molecular complexity index is 541. The normalized spacial score (nSPS) is 20.2. The molecular weight excluding hydrogens is 217 g/mol. The quantitative estimate of drug-likeness (QED) is 0.858. The highest BCUT2D eigenvalue weighted by Gasteiger charge is 2.19. The molecule has 0 radical (unpaired) electrons. The predicted molar refractivity (Wildman–Crippen MR) is 65.4 cm³/mol. The lowest BCUT2D eigenvalue weighted by Gasteiger charge is -2.07. The summed E-state index contributed by atoms with van der Waals surface area (Å²) in [6.45, 7) is 2.13. The van der Waals surface area contributed by atoms with E-state index in [4.69, 9.17) is 0 Å². The van der Waals surface area contributed by atoms with Crippen LogP contribution in [0.15, 0.2) is 18.2 Å². The third kappa shape index (κ3) is 1.82. The first-order valence-electron chi connectivity index (χ1n) is 6.06. The Labute approximate surface area is 99.7 Å². The van der Waals surface area contributed by atoms with Crippen molar-refractivity contribution in [3.05, 3.63) is 29.8 Å². The van der Waals surface area contributed by atoms with Crippen molar-refractivity contribution in [1.82, 2.24) is 14.9 Å². The van der Waals surface area contributed by atoms with Gasteiger partial charge in [-0.05, 0) is 37.6 Å². The van der Waals surface area contributed by atoms with Crippen LogP contribution in [0.1, 0.15) is 12.2 Å². The van der Waals surface area contributed by atoms with Crippen LogP contribution in [0.5, 0.6) is 0 Å². The fourth-order valence-corrected chi connectivity index (χ4v) is 2.60. The maximum atomic E-state index is 13.7. The summed E-state index contributed by atoms with van der Waals surface area (Å²) < 4.78 is 15.6. The predicted octanol–water partition coefficient (Wildman–Crippen LogP) is 1.86. The molecule has 1 unspecified atom stereocenters. The molecule has 3 nitrogen and oxygen atoms in total. The molecular formula is C13H16FN3. The minimum Gasteiger partial charge on any atom is -0.329 e. The number of nitrogens with one attached hydrogen (secondary N) is 1. The lowest BCUT2D eigenvalue weighted by Crippen LogP contribution is -2.13. The second kappa shape index (κ2) is 4.11. The van der Waals surface area contributed by atoms with Gasteiger partial charge in [0.05, 0.1) is 5.52 Å². The van der Waals surface area contributed by atoms with Crippen LogP contribution in [0.3, 0.4) is 0 Å². The molecule has 0 spiro atoms. The number of hydrogen-bond acceptors (Lipinski definition) is 2. The number of imidazole rings is 1. The first kappa shape index (κ1) is 10.7. The van der Waals surface area contributed by atoms with Gasteiger partial charge in [-0.2, -0.15) is 0 Å². The summed E-state index contributed by atoms with van der Waals surface area (Å²) in [6, 6.07) is 5.07. The number of hydrogen-bond donors (Lipinski definition) is 1. The smallest absolute Gasteiger partial charge is 0.149 e. The molecule has 1 aliphatic heterocycles. The molecule has 1 saturated heterocycles. The van der Waals surface area contributed by atoms with Crippen LogP contribution in [-0.2, 0) is 13.5 Å². The molecule has 0 amide bonds. The number of aromatic nitrogens is 2. The van der Waals surface area contributed by atoms with Gasteiger partial charge in [-0.3, -0.25) is 0 Å². The molecule has 0 bridgehead atoms. The van der Waals surface area contributed by atoms with Crippen LogP contribution >= 0.6 is 0 Å². The lowest BCUT2D eigenvalue weighted by molar-refractivity contribution is 0.550. The molecule has 2 heterocycles. The molecule has 4 heteroatoms. The molecule has 1 fully saturated rings. The van der Waals surface area contributed by atoms with Crippen LogP contribution < -0.4 is 5.32 Å². The first-order valence-corrected chi connectivity index (χ1v) is 6.06. The van der Waals surface area contributed by atoms with Crippen molar-refractivity contribution in [3.8, 4) is 0 Å². The topological polar surface area (TPSA) is 29.9 Å². The summed E-state index contributed by atoms with van der Waals surface area (Å²) in [5, 5.41) is 3.35. The number of benzene rings is 1. The second-order valence-electron chi connectivity index (χ2n) is 4.76. The summed E-state index contributed by atoms with van der Waals surface area (Å²) in [7, 11) is 1.90. The lowest BCUT2D eigenvalue weighted by atomic mass is 10.0. The number of para-hydroxylation sites is 1. The summed E-state index contributed by atoms with van der Waals surface area (Å²) >= 11 is 0. The monoisotopic (exact) mass is 233 g/mol. The summed E-state index contributed by atoms with van der Waals surface area (Å²) in [6.07, 6.45) is 2.11. The maximum Gasteiger partial charge on any atom is 0.149 e. The first-order chi connectivity index (χ1) is 8.25. The molecule has 2 aromatic rings. The van der Waals surface area contributed by atoms with Crippen molar-refractivity contribution in [2.24, 2.45) is 13.0 Å². The van der Waals surface area contributed by atoms with Crippen LogP contribution in [0, 0.1) is 11.7 Å². The van der Waals surface area contributed by atoms with Crippen molar-refractivity contribution in [3.63, 3.8) is 0 Å². The molecule has 0 saturated carbocycles. The minimum atomic E-state index is -0.187. The molecule has 3 rings (SSSR count). The van der Waals surface area contributed by atoms with E-state index in [1.54, 1.807) is 6.07 Å². The average molecular weight is 233 g/mol. The van der Waals surface area contributed by atoms with Crippen LogP contribution in [0.4, 0.5) is 4.39 Å². The van der Waals surface area contributed by atoms with Gasteiger partial charge in [-0.1, -0.05) is 6.07 Å². The molecule has 90 valence electrons. The van der Waals surface area contributed by atoms with Gasteiger partial charge in [0.1, 0.15) is 17.2 Å². The molecule has 1 aromatic carbocycles. The van der Waals surface area contributed by atoms with E-state index in [1.165, 1.54) is 12.5 Å². The van der Waals surface area contributed by atoms with E-state index in [0.717, 1.165) is 30.9 Å². The highest BCUT2D eigenvalue weighted by Crippen LogP contribution is 2.21. The maximum absolute atomic E-state index is 13.7. The highest BCUT2D eigenvalue weighted by molar-refractivity contribution is 5.76. The fourth-order valence-electron chi connectivity index (χ4n) is 2.60. The van der Waals surface area contributed by atoms with E-state index < -0.39 is 0 Å². The average Bonchev–Trinajstić information content (AvgIpc) is 2.90. The molecule has 1 aromatic heterocycles.